The van der Waals surface area contributed by atoms with Crippen LogP contribution in [0.15, 0.2) is 47.6 Å². The summed E-state index contributed by atoms with van der Waals surface area (Å²) in [5.41, 5.74) is 8.16. The Morgan fingerprint density at radius 1 is 1.33 bits per heavy atom. The summed E-state index contributed by atoms with van der Waals surface area (Å²) in [5.74, 6) is 0.607. The molecule has 0 bridgehead atoms. The van der Waals surface area contributed by atoms with Gasteiger partial charge in [0.1, 0.15) is 0 Å². The van der Waals surface area contributed by atoms with Crippen LogP contribution in [0.2, 0.25) is 0 Å². The third-order valence-corrected chi connectivity index (χ3v) is 3.74. The molecule has 1 aromatic heterocycles. The topological polar surface area (TPSA) is 59.4 Å². The fourth-order valence-electron chi connectivity index (χ4n) is 2.27. The largest absolute Gasteiger partial charge is 0.370 e. The van der Waals surface area contributed by atoms with Crippen LogP contribution in [0.25, 0.3) is 0 Å². The number of nitrogens with zero attached hydrogens (tertiary/aromatic N) is 4. The molecule has 110 valence electrons. The van der Waals surface area contributed by atoms with Crippen molar-refractivity contribution in [1.29, 1.82) is 0 Å². The van der Waals surface area contributed by atoms with Crippen LogP contribution in [0.1, 0.15) is 24.1 Å². The Hall–Kier alpha value is -2.30. The number of benzene rings is 1. The van der Waals surface area contributed by atoms with Gasteiger partial charge in [0, 0.05) is 19.3 Å². The Labute approximate surface area is 125 Å². The Balaban J connectivity index is 1.58. The summed E-state index contributed by atoms with van der Waals surface area (Å²) in [5, 5.41) is 4.53. The Morgan fingerprint density at radius 3 is 2.81 bits per heavy atom. The van der Waals surface area contributed by atoms with Gasteiger partial charge in [-0.1, -0.05) is 30.3 Å². The first-order valence-corrected chi connectivity index (χ1v) is 7.31. The molecule has 3 rings (SSSR count). The fourth-order valence-corrected chi connectivity index (χ4v) is 2.27. The van der Waals surface area contributed by atoms with E-state index in [0.29, 0.717) is 18.5 Å². The zero-order valence-electron chi connectivity index (χ0n) is 12.3. The number of aliphatic imine (C=N–C) groups is 1. The lowest BCUT2D eigenvalue weighted by Gasteiger charge is -2.16. The molecule has 21 heavy (non-hydrogen) atoms. The number of rotatable bonds is 5. The van der Waals surface area contributed by atoms with E-state index in [1.807, 2.05) is 42.2 Å². The summed E-state index contributed by atoms with van der Waals surface area (Å²) in [6.07, 6.45) is 4.43. The van der Waals surface area contributed by atoms with Crippen molar-refractivity contribution >= 4 is 5.96 Å². The van der Waals surface area contributed by atoms with Crippen molar-refractivity contribution in [2.45, 2.75) is 32.0 Å². The van der Waals surface area contributed by atoms with E-state index >= 15 is 0 Å². The van der Waals surface area contributed by atoms with Crippen LogP contribution in [0, 0.1) is 0 Å². The maximum absolute atomic E-state index is 5.98. The second kappa shape index (κ2) is 5.99. The van der Waals surface area contributed by atoms with Gasteiger partial charge >= 0.3 is 0 Å². The molecular weight excluding hydrogens is 262 g/mol. The molecule has 0 amide bonds. The molecule has 0 saturated heterocycles. The highest BCUT2D eigenvalue weighted by molar-refractivity contribution is 5.78. The van der Waals surface area contributed by atoms with Crippen LogP contribution in [0.5, 0.6) is 0 Å². The summed E-state index contributed by atoms with van der Waals surface area (Å²) >= 11 is 0. The Kier molecular flexibility index (Phi) is 3.90. The van der Waals surface area contributed by atoms with Gasteiger partial charge in [0.15, 0.2) is 5.96 Å². The number of hydrogen-bond donors (Lipinski definition) is 1. The summed E-state index contributed by atoms with van der Waals surface area (Å²) in [4.78, 5) is 6.48. The van der Waals surface area contributed by atoms with E-state index in [0.717, 1.165) is 12.2 Å². The van der Waals surface area contributed by atoms with E-state index in [9.17, 15) is 0 Å². The number of aromatic nitrogens is 2. The molecule has 2 N–H and O–H groups in total. The van der Waals surface area contributed by atoms with Crippen molar-refractivity contribution in [3.05, 3.63) is 53.9 Å². The van der Waals surface area contributed by atoms with Crippen molar-refractivity contribution in [1.82, 2.24) is 14.7 Å². The highest BCUT2D eigenvalue weighted by atomic mass is 15.3. The third-order valence-electron chi connectivity index (χ3n) is 3.74. The van der Waals surface area contributed by atoms with Crippen molar-refractivity contribution in [3.8, 4) is 0 Å². The van der Waals surface area contributed by atoms with Crippen LogP contribution in [0.3, 0.4) is 0 Å². The normalized spacial score (nSPS) is 15.2. The number of guanidine groups is 1. The second-order valence-corrected chi connectivity index (χ2v) is 5.51. The molecular formula is C16H21N5. The molecule has 1 fully saturated rings. The highest BCUT2D eigenvalue weighted by Gasteiger charge is 2.27. The van der Waals surface area contributed by atoms with E-state index in [2.05, 4.69) is 27.1 Å². The van der Waals surface area contributed by atoms with Crippen molar-refractivity contribution in [2.75, 3.05) is 7.05 Å². The maximum Gasteiger partial charge on any atom is 0.191 e. The van der Waals surface area contributed by atoms with Gasteiger partial charge in [0.25, 0.3) is 0 Å². The number of nitrogens with two attached hydrogens (primary N) is 1. The minimum atomic E-state index is 0.532. The standard InChI is InChI=1S/C16H21N5/c1-20(15-7-8-15)16(17)18-11-14-9-10-21(19-14)12-13-5-3-2-4-6-13/h2-6,9-10,15H,7-8,11-12H2,1H3,(H2,17,18). The van der Waals surface area contributed by atoms with Crippen molar-refractivity contribution in [3.63, 3.8) is 0 Å². The molecule has 1 aliphatic rings. The zero-order chi connectivity index (χ0) is 14.7. The van der Waals surface area contributed by atoms with E-state index in [1.54, 1.807) is 0 Å². The third kappa shape index (κ3) is 3.62. The monoisotopic (exact) mass is 283 g/mol. The average molecular weight is 283 g/mol. The van der Waals surface area contributed by atoms with Crippen LogP contribution in [-0.4, -0.2) is 33.7 Å². The maximum atomic E-state index is 5.98. The molecule has 1 aromatic carbocycles. The van der Waals surface area contributed by atoms with Crippen molar-refractivity contribution in [2.24, 2.45) is 10.7 Å². The molecule has 0 radical (unpaired) electrons. The lowest BCUT2D eigenvalue weighted by Crippen LogP contribution is -2.35. The lowest BCUT2D eigenvalue weighted by atomic mass is 10.2. The van der Waals surface area contributed by atoms with Gasteiger partial charge in [-0.05, 0) is 24.5 Å². The zero-order valence-corrected chi connectivity index (χ0v) is 12.3. The summed E-state index contributed by atoms with van der Waals surface area (Å²) < 4.78 is 1.93. The predicted octanol–water partition coefficient (Wildman–Crippen LogP) is 1.84. The minimum absolute atomic E-state index is 0.532. The first-order valence-electron chi connectivity index (χ1n) is 7.31. The van der Waals surface area contributed by atoms with Gasteiger partial charge in [-0.25, -0.2) is 4.99 Å². The van der Waals surface area contributed by atoms with Crippen LogP contribution < -0.4 is 5.73 Å². The van der Waals surface area contributed by atoms with Crippen LogP contribution >= 0.6 is 0 Å². The fraction of sp³-hybridized carbons (Fsp3) is 0.375. The average Bonchev–Trinajstić information content (AvgIpc) is 3.26. The summed E-state index contributed by atoms with van der Waals surface area (Å²) in [6.45, 7) is 1.31. The van der Waals surface area contributed by atoms with Crippen LogP contribution in [0.4, 0.5) is 0 Å². The van der Waals surface area contributed by atoms with Gasteiger partial charge in [-0.3, -0.25) is 4.68 Å². The second-order valence-electron chi connectivity index (χ2n) is 5.51. The Morgan fingerprint density at radius 2 is 2.10 bits per heavy atom. The number of hydrogen-bond acceptors (Lipinski definition) is 2. The predicted molar refractivity (Wildman–Crippen MR) is 83.9 cm³/mol. The van der Waals surface area contributed by atoms with E-state index in [1.165, 1.54) is 18.4 Å². The van der Waals surface area contributed by atoms with E-state index in [4.69, 9.17) is 5.73 Å². The molecule has 0 atom stereocenters. The smallest absolute Gasteiger partial charge is 0.191 e. The van der Waals surface area contributed by atoms with Crippen molar-refractivity contribution < 1.29 is 0 Å². The first-order chi connectivity index (χ1) is 10.2. The van der Waals surface area contributed by atoms with Gasteiger partial charge in [0.2, 0.25) is 0 Å². The van der Waals surface area contributed by atoms with Gasteiger partial charge in [-0.15, -0.1) is 0 Å². The van der Waals surface area contributed by atoms with E-state index < -0.39 is 0 Å². The quantitative estimate of drug-likeness (QED) is 0.673. The molecule has 5 heteroatoms. The van der Waals surface area contributed by atoms with Crippen LogP contribution in [-0.2, 0) is 13.1 Å². The SMILES string of the molecule is CN(C(N)=NCc1ccn(Cc2ccccc2)n1)C1CC1. The molecule has 1 aliphatic carbocycles. The molecule has 0 spiro atoms. The summed E-state index contributed by atoms with van der Waals surface area (Å²) in [6, 6.07) is 12.9. The summed E-state index contributed by atoms with van der Waals surface area (Å²) in [7, 11) is 2.00. The highest BCUT2D eigenvalue weighted by Crippen LogP contribution is 2.24. The molecule has 1 heterocycles. The molecule has 5 nitrogen and oxygen atoms in total. The van der Waals surface area contributed by atoms with Gasteiger partial charge < -0.3 is 10.6 Å². The Bertz CT molecular complexity index is 613. The molecule has 0 aliphatic heterocycles. The van der Waals surface area contributed by atoms with Gasteiger partial charge in [-0.2, -0.15) is 5.10 Å². The molecule has 0 unspecified atom stereocenters. The molecule has 2 aromatic rings. The van der Waals surface area contributed by atoms with E-state index in [-0.39, 0.29) is 0 Å². The lowest BCUT2D eigenvalue weighted by molar-refractivity contribution is 0.487. The first kappa shape index (κ1) is 13.7. The minimum Gasteiger partial charge on any atom is -0.370 e. The molecule has 1 saturated carbocycles. The van der Waals surface area contributed by atoms with Gasteiger partial charge in [0.05, 0.1) is 18.8 Å².